The van der Waals surface area contributed by atoms with Crippen molar-refractivity contribution in [1.29, 1.82) is 0 Å². The van der Waals surface area contributed by atoms with Crippen molar-refractivity contribution in [2.45, 2.75) is 85.2 Å². The van der Waals surface area contributed by atoms with Crippen molar-refractivity contribution in [3.8, 4) is 0 Å². The first-order chi connectivity index (χ1) is 12.7. The van der Waals surface area contributed by atoms with E-state index in [2.05, 4.69) is 13.8 Å². The molecule has 4 aliphatic carbocycles. The van der Waals surface area contributed by atoms with E-state index in [1.54, 1.807) is 6.92 Å². The van der Waals surface area contributed by atoms with Gasteiger partial charge in [-0.05, 0) is 81.0 Å². The van der Waals surface area contributed by atoms with E-state index in [1.165, 1.54) is 13.3 Å². The predicted octanol–water partition coefficient (Wildman–Crippen LogP) is 4.35. The molecular weight excluding hydrogens is 340 g/mol. The molecule has 8 atom stereocenters. The van der Waals surface area contributed by atoms with Gasteiger partial charge in [-0.15, -0.1) is 0 Å². The van der Waals surface area contributed by atoms with Crippen LogP contribution in [0.4, 0.5) is 0 Å². The van der Waals surface area contributed by atoms with Crippen molar-refractivity contribution in [2.24, 2.45) is 40.4 Å². The zero-order valence-electron chi connectivity index (χ0n) is 17.3. The summed E-state index contributed by atoms with van der Waals surface area (Å²) in [6.07, 6.45) is 7.86. The lowest BCUT2D eigenvalue weighted by atomic mass is 9.44. The van der Waals surface area contributed by atoms with Gasteiger partial charge in [-0.25, -0.2) is 0 Å². The van der Waals surface area contributed by atoms with Crippen LogP contribution in [0.5, 0.6) is 0 Å². The van der Waals surface area contributed by atoms with E-state index in [9.17, 15) is 14.4 Å². The molecule has 4 heteroatoms. The molecule has 0 bridgehead atoms. The smallest absolute Gasteiger partial charge is 0.302 e. The van der Waals surface area contributed by atoms with Gasteiger partial charge in [0.15, 0.2) is 0 Å². The number of carbonyl (C=O) groups excluding carboxylic acids is 3. The second-order valence-electron chi connectivity index (χ2n) is 10.3. The second-order valence-corrected chi connectivity index (χ2v) is 10.3. The number of Topliss-reactive ketones (excluding diaryl/α,β-unsaturated/α-hetero) is 2. The van der Waals surface area contributed by atoms with Crippen LogP contribution in [0, 0.1) is 40.4 Å². The van der Waals surface area contributed by atoms with Crippen LogP contribution in [0.25, 0.3) is 0 Å². The maximum atomic E-state index is 13.4. The van der Waals surface area contributed by atoms with Crippen molar-refractivity contribution < 1.29 is 19.1 Å². The molecule has 4 aliphatic rings. The van der Waals surface area contributed by atoms with Gasteiger partial charge in [0.2, 0.25) is 0 Å². The van der Waals surface area contributed by atoms with Crippen molar-refractivity contribution in [3.05, 3.63) is 0 Å². The molecule has 0 saturated heterocycles. The molecule has 0 aromatic rings. The summed E-state index contributed by atoms with van der Waals surface area (Å²) in [6, 6.07) is 0. The van der Waals surface area contributed by atoms with Gasteiger partial charge in [0.1, 0.15) is 17.7 Å². The average molecular weight is 375 g/mol. The highest BCUT2D eigenvalue weighted by molar-refractivity contribution is 5.93. The molecule has 27 heavy (non-hydrogen) atoms. The van der Waals surface area contributed by atoms with Gasteiger partial charge in [0, 0.05) is 24.7 Å². The van der Waals surface area contributed by atoms with E-state index in [0.717, 1.165) is 38.5 Å². The van der Waals surface area contributed by atoms with Crippen LogP contribution in [-0.4, -0.2) is 23.6 Å². The molecule has 0 unspecified atom stereocenters. The van der Waals surface area contributed by atoms with Crippen molar-refractivity contribution in [2.75, 3.05) is 0 Å². The first kappa shape index (κ1) is 19.1. The molecule has 4 nitrogen and oxygen atoms in total. The molecule has 0 aromatic heterocycles. The lowest BCUT2D eigenvalue weighted by Gasteiger charge is -2.60. The summed E-state index contributed by atoms with van der Waals surface area (Å²) in [5.41, 5.74) is -0.254. The van der Waals surface area contributed by atoms with Crippen LogP contribution in [-0.2, 0) is 19.1 Å². The zero-order chi connectivity index (χ0) is 19.6. The first-order valence-electron chi connectivity index (χ1n) is 10.9. The van der Waals surface area contributed by atoms with Gasteiger partial charge in [0.05, 0.1) is 0 Å². The third kappa shape index (κ3) is 2.73. The molecule has 0 heterocycles. The SMILES string of the molecule is CC(=O)O[C@@H]1CC[C@@]2(C)[C@@H](CC[C@@H]3[C@H]2CC(=O)[C@]2(C)[C@H](C(C)=O)CC[C@@H]32)C1. The van der Waals surface area contributed by atoms with E-state index in [-0.39, 0.29) is 29.2 Å². The zero-order valence-corrected chi connectivity index (χ0v) is 17.3. The Morgan fingerprint density at radius 3 is 2.41 bits per heavy atom. The van der Waals surface area contributed by atoms with Gasteiger partial charge in [-0.2, -0.15) is 0 Å². The maximum absolute atomic E-state index is 13.4. The largest absolute Gasteiger partial charge is 0.463 e. The molecule has 4 saturated carbocycles. The van der Waals surface area contributed by atoms with E-state index in [0.29, 0.717) is 35.9 Å². The molecular formula is C23H34O4. The molecule has 0 spiro atoms. The van der Waals surface area contributed by atoms with E-state index in [1.807, 2.05) is 0 Å². The van der Waals surface area contributed by atoms with E-state index in [4.69, 9.17) is 4.74 Å². The summed E-state index contributed by atoms with van der Waals surface area (Å²) in [4.78, 5) is 37.0. The Kier molecular flexibility index (Phi) is 4.55. The molecule has 4 rings (SSSR count). The summed E-state index contributed by atoms with van der Waals surface area (Å²) in [6.45, 7) is 7.66. The Bertz CT molecular complexity index is 669. The highest BCUT2D eigenvalue weighted by atomic mass is 16.5. The topological polar surface area (TPSA) is 60.4 Å². The molecule has 4 fully saturated rings. The lowest BCUT2D eigenvalue weighted by molar-refractivity contribution is -0.167. The summed E-state index contributed by atoms with van der Waals surface area (Å²) in [5.74, 6) is 2.22. The van der Waals surface area contributed by atoms with Crippen molar-refractivity contribution in [3.63, 3.8) is 0 Å². The molecule has 150 valence electrons. The average Bonchev–Trinajstić information content (AvgIpc) is 2.95. The van der Waals surface area contributed by atoms with Gasteiger partial charge in [-0.1, -0.05) is 13.8 Å². The molecule has 0 aliphatic heterocycles. The van der Waals surface area contributed by atoms with Gasteiger partial charge < -0.3 is 4.74 Å². The minimum absolute atomic E-state index is 0.0512. The fourth-order valence-electron chi connectivity index (χ4n) is 7.92. The normalized spacial score (nSPS) is 49.0. The standard InChI is InChI=1S/C23H34O4/c1-13(24)18-7-8-19-17-6-5-15-11-16(27-14(2)25)9-10-22(15,3)20(17)12-21(26)23(18,19)4/h15-20H,5-12H2,1-4H3/t15-,16+,17-,18-,19-,20+,22-,23+/m0/s1. The van der Waals surface area contributed by atoms with E-state index >= 15 is 0 Å². The third-order valence-electron chi connectivity index (χ3n) is 9.30. The quantitative estimate of drug-likeness (QED) is 0.675. The van der Waals surface area contributed by atoms with Crippen molar-refractivity contribution in [1.82, 2.24) is 0 Å². The summed E-state index contributed by atoms with van der Waals surface area (Å²) in [7, 11) is 0. The Morgan fingerprint density at radius 2 is 1.74 bits per heavy atom. The van der Waals surface area contributed by atoms with Crippen LogP contribution < -0.4 is 0 Å². The Morgan fingerprint density at radius 1 is 1.00 bits per heavy atom. The minimum atomic E-state index is -0.425. The molecule has 0 radical (unpaired) electrons. The number of ketones is 2. The molecule has 0 amide bonds. The highest BCUT2D eigenvalue weighted by Crippen LogP contribution is 2.66. The monoisotopic (exact) mass is 374 g/mol. The van der Waals surface area contributed by atoms with Gasteiger partial charge in [-0.3, -0.25) is 14.4 Å². The molecule has 0 aromatic carbocycles. The number of esters is 1. The lowest BCUT2D eigenvalue weighted by Crippen LogP contribution is -2.57. The predicted molar refractivity (Wildman–Crippen MR) is 102 cm³/mol. The number of hydrogen-bond donors (Lipinski definition) is 0. The Balaban J connectivity index is 1.59. The number of hydrogen-bond acceptors (Lipinski definition) is 4. The second kappa shape index (κ2) is 6.42. The number of rotatable bonds is 2. The fourth-order valence-corrected chi connectivity index (χ4v) is 7.92. The van der Waals surface area contributed by atoms with Crippen LogP contribution >= 0.6 is 0 Å². The first-order valence-corrected chi connectivity index (χ1v) is 10.9. The summed E-state index contributed by atoms with van der Waals surface area (Å²) >= 11 is 0. The van der Waals surface area contributed by atoms with Crippen LogP contribution in [0.3, 0.4) is 0 Å². The Labute approximate surface area is 162 Å². The minimum Gasteiger partial charge on any atom is -0.463 e. The highest BCUT2D eigenvalue weighted by Gasteiger charge is 2.64. The Hall–Kier alpha value is -1.19. The third-order valence-corrected chi connectivity index (χ3v) is 9.30. The van der Waals surface area contributed by atoms with Crippen LogP contribution in [0.1, 0.15) is 79.1 Å². The van der Waals surface area contributed by atoms with Crippen LogP contribution in [0.15, 0.2) is 0 Å². The number of fused-ring (bicyclic) bond motifs is 5. The van der Waals surface area contributed by atoms with Crippen LogP contribution in [0.2, 0.25) is 0 Å². The maximum Gasteiger partial charge on any atom is 0.302 e. The summed E-state index contributed by atoms with van der Waals surface area (Å²) < 4.78 is 5.52. The van der Waals surface area contributed by atoms with E-state index < -0.39 is 5.41 Å². The fraction of sp³-hybridized carbons (Fsp3) is 0.870. The van der Waals surface area contributed by atoms with Gasteiger partial charge >= 0.3 is 5.97 Å². The molecule has 0 N–H and O–H groups in total. The van der Waals surface area contributed by atoms with Gasteiger partial charge in [0.25, 0.3) is 0 Å². The number of carbonyl (C=O) groups is 3. The van der Waals surface area contributed by atoms with Crippen molar-refractivity contribution >= 4 is 17.5 Å². The number of ether oxygens (including phenoxy) is 1. The summed E-state index contributed by atoms with van der Waals surface area (Å²) in [5, 5.41) is 0.